The van der Waals surface area contributed by atoms with Crippen LogP contribution in [-0.4, -0.2) is 22.8 Å². The van der Waals surface area contributed by atoms with Crippen molar-refractivity contribution in [2.75, 3.05) is 0 Å². The van der Waals surface area contributed by atoms with Crippen molar-refractivity contribution in [3.05, 3.63) is 141 Å². The van der Waals surface area contributed by atoms with Crippen LogP contribution in [0.2, 0.25) is 10.0 Å². The van der Waals surface area contributed by atoms with Crippen LogP contribution in [0.1, 0.15) is 22.3 Å². The smallest absolute Gasteiger partial charge is 0.243 e. The summed E-state index contributed by atoms with van der Waals surface area (Å²) >= 11 is 12.0. The molecule has 4 nitrogen and oxygen atoms in total. The van der Waals surface area contributed by atoms with Gasteiger partial charge in [0, 0.05) is 29.6 Å². The zero-order chi connectivity index (χ0) is 26.0. The molecule has 0 fully saturated rings. The van der Waals surface area contributed by atoms with E-state index in [2.05, 4.69) is 5.32 Å². The van der Waals surface area contributed by atoms with Crippen molar-refractivity contribution in [3.8, 4) is 0 Å². The third-order valence-electron chi connectivity index (χ3n) is 6.12. The minimum Gasteiger partial charge on any atom is -0.350 e. The first kappa shape index (κ1) is 26.5. The number of halogens is 2. The number of nitrogens with one attached hydrogen (secondary N) is 1. The Bertz CT molecular complexity index is 1290. The monoisotopic (exact) mass is 530 g/mol. The van der Waals surface area contributed by atoms with E-state index in [0.29, 0.717) is 29.6 Å². The highest BCUT2D eigenvalue weighted by Gasteiger charge is 2.30. The Kier molecular flexibility index (Phi) is 9.36. The first-order valence-electron chi connectivity index (χ1n) is 12.1. The molecule has 0 spiro atoms. The standard InChI is InChI=1S/C31H28Cl2N2O2/c32-27-15-11-24(12-16-27)20-30(36)35(22-26-9-5-2-6-10-26)29(19-23-7-3-1-4-8-23)31(37)34-21-25-13-17-28(33)18-14-25/h1-18,29H,19-22H2,(H,34,37). The van der Waals surface area contributed by atoms with Gasteiger partial charge in [0.2, 0.25) is 11.8 Å². The second-order valence-electron chi connectivity index (χ2n) is 8.86. The highest BCUT2D eigenvalue weighted by molar-refractivity contribution is 6.30. The quantitative estimate of drug-likeness (QED) is 0.254. The number of carbonyl (C=O) groups excluding carboxylic acids is 2. The second-order valence-corrected chi connectivity index (χ2v) is 9.73. The third kappa shape index (κ3) is 7.94. The van der Waals surface area contributed by atoms with E-state index in [9.17, 15) is 9.59 Å². The Morgan fingerprint density at radius 1 is 0.649 bits per heavy atom. The normalized spacial score (nSPS) is 11.5. The highest BCUT2D eigenvalue weighted by Crippen LogP contribution is 2.18. The predicted octanol–water partition coefficient (Wildman–Crippen LogP) is 6.49. The molecule has 0 aliphatic rings. The van der Waals surface area contributed by atoms with Gasteiger partial charge in [-0.2, -0.15) is 0 Å². The molecule has 0 saturated carbocycles. The maximum Gasteiger partial charge on any atom is 0.243 e. The maximum absolute atomic E-state index is 13.7. The first-order chi connectivity index (χ1) is 18.0. The largest absolute Gasteiger partial charge is 0.350 e. The number of benzene rings is 4. The van der Waals surface area contributed by atoms with Crippen molar-refractivity contribution in [2.24, 2.45) is 0 Å². The van der Waals surface area contributed by atoms with Crippen LogP contribution in [-0.2, 0) is 35.5 Å². The van der Waals surface area contributed by atoms with Gasteiger partial charge in [-0.25, -0.2) is 0 Å². The van der Waals surface area contributed by atoms with Crippen molar-refractivity contribution in [1.29, 1.82) is 0 Å². The van der Waals surface area contributed by atoms with E-state index in [1.807, 2.05) is 84.9 Å². The van der Waals surface area contributed by atoms with Gasteiger partial charge >= 0.3 is 0 Å². The molecule has 0 saturated heterocycles. The molecule has 0 aromatic heterocycles. The first-order valence-corrected chi connectivity index (χ1v) is 12.9. The molecule has 188 valence electrons. The molecule has 0 aliphatic heterocycles. The van der Waals surface area contributed by atoms with Crippen LogP contribution < -0.4 is 5.32 Å². The zero-order valence-electron chi connectivity index (χ0n) is 20.3. The Morgan fingerprint density at radius 2 is 1.16 bits per heavy atom. The zero-order valence-corrected chi connectivity index (χ0v) is 21.8. The summed E-state index contributed by atoms with van der Waals surface area (Å²) in [5, 5.41) is 4.29. The Balaban J connectivity index is 1.62. The van der Waals surface area contributed by atoms with Crippen LogP contribution in [0.25, 0.3) is 0 Å². The molecule has 1 N–H and O–H groups in total. The summed E-state index contributed by atoms with van der Waals surface area (Å²) in [7, 11) is 0. The summed E-state index contributed by atoms with van der Waals surface area (Å²) in [5.74, 6) is -0.340. The number of amides is 2. The fraction of sp³-hybridized carbons (Fsp3) is 0.161. The van der Waals surface area contributed by atoms with Crippen LogP contribution in [0, 0.1) is 0 Å². The highest BCUT2D eigenvalue weighted by atomic mass is 35.5. The lowest BCUT2D eigenvalue weighted by Crippen LogP contribution is -2.50. The molecule has 1 unspecified atom stereocenters. The van der Waals surface area contributed by atoms with Gasteiger partial charge in [-0.05, 0) is 46.5 Å². The Labute approximate surface area is 227 Å². The summed E-state index contributed by atoms with van der Waals surface area (Å²) in [6.07, 6.45) is 0.562. The Morgan fingerprint density at radius 3 is 1.73 bits per heavy atom. The van der Waals surface area contributed by atoms with Crippen molar-refractivity contribution in [3.63, 3.8) is 0 Å². The number of carbonyl (C=O) groups is 2. The molecule has 37 heavy (non-hydrogen) atoms. The topological polar surface area (TPSA) is 49.4 Å². The van der Waals surface area contributed by atoms with Crippen molar-refractivity contribution in [2.45, 2.75) is 32.0 Å². The predicted molar refractivity (Wildman–Crippen MR) is 149 cm³/mol. The molecule has 0 bridgehead atoms. The van der Waals surface area contributed by atoms with E-state index in [4.69, 9.17) is 23.2 Å². The minimum absolute atomic E-state index is 0.131. The molecule has 2 amide bonds. The van der Waals surface area contributed by atoms with E-state index < -0.39 is 6.04 Å². The number of rotatable bonds is 10. The summed E-state index contributed by atoms with van der Waals surface area (Å²) in [5.41, 5.74) is 3.70. The third-order valence-corrected chi connectivity index (χ3v) is 6.62. The van der Waals surface area contributed by atoms with Gasteiger partial charge in [-0.15, -0.1) is 0 Å². The molecular formula is C31H28Cl2N2O2. The lowest BCUT2D eigenvalue weighted by atomic mass is 10.0. The van der Waals surface area contributed by atoms with E-state index in [0.717, 1.165) is 22.3 Å². The maximum atomic E-state index is 13.7. The average molecular weight is 531 g/mol. The molecule has 0 heterocycles. The lowest BCUT2D eigenvalue weighted by molar-refractivity contribution is -0.140. The lowest BCUT2D eigenvalue weighted by Gasteiger charge is -2.31. The number of hydrogen-bond acceptors (Lipinski definition) is 2. The summed E-state index contributed by atoms with van der Waals surface area (Å²) < 4.78 is 0. The van der Waals surface area contributed by atoms with Crippen LogP contribution in [0.5, 0.6) is 0 Å². The van der Waals surface area contributed by atoms with Gasteiger partial charge in [0.15, 0.2) is 0 Å². The van der Waals surface area contributed by atoms with E-state index in [1.54, 1.807) is 29.2 Å². The van der Waals surface area contributed by atoms with Gasteiger partial charge in [0.1, 0.15) is 6.04 Å². The molecule has 1 atom stereocenters. The van der Waals surface area contributed by atoms with Gasteiger partial charge in [-0.1, -0.05) is 108 Å². The van der Waals surface area contributed by atoms with E-state index in [-0.39, 0.29) is 18.2 Å². The Hall–Kier alpha value is -3.60. The van der Waals surface area contributed by atoms with Gasteiger partial charge < -0.3 is 10.2 Å². The van der Waals surface area contributed by atoms with E-state index in [1.165, 1.54) is 0 Å². The van der Waals surface area contributed by atoms with Crippen molar-refractivity contribution in [1.82, 2.24) is 10.2 Å². The average Bonchev–Trinajstić information content (AvgIpc) is 2.92. The van der Waals surface area contributed by atoms with Crippen LogP contribution in [0.15, 0.2) is 109 Å². The molecule has 4 rings (SSSR count). The number of hydrogen-bond donors (Lipinski definition) is 1. The molecule has 4 aromatic carbocycles. The van der Waals surface area contributed by atoms with E-state index >= 15 is 0 Å². The van der Waals surface area contributed by atoms with Crippen LogP contribution in [0.3, 0.4) is 0 Å². The molecule has 6 heteroatoms. The second kappa shape index (κ2) is 13.1. The number of nitrogens with zero attached hydrogens (tertiary/aromatic N) is 1. The summed E-state index contributed by atoms with van der Waals surface area (Å²) in [4.78, 5) is 29.1. The summed E-state index contributed by atoms with van der Waals surface area (Å²) in [6.45, 7) is 0.658. The fourth-order valence-electron chi connectivity index (χ4n) is 4.12. The van der Waals surface area contributed by atoms with Crippen molar-refractivity contribution >= 4 is 35.0 Å². The minimum atomic E-state index is -0.699. The summed E-state index contributed by atoms with van der Waals surface area (Å²) in [6, 6.07) is 33.4. The fourth-order valence-corrected chi connectivity index (χ4v) is 4.37. The van der Waals surface area contributed by atoms with Crippen molar-refractivity contribution < 1.29 is 9.59 Å². The van der Waals surface area contributed by atoms with Crippen LogP contribution >= 0.6 is 23.2 Å². The molecule has 4 aromatic rings. The SMILES string of the molecule is O=C(NCc1ccc(Cl)cc1)C(Cc1ccccc1)N(Cc1ccccc1)C(=O)Cc1ccc(Cl)cc1. The molecule has 0 radical (unpaired) electrons. The molecule has 0 aliphatic carbocycles. The van der Waals surface area contributed by atoms with Crippen LogP contribution in [0.4, 0.5) is 0 Å². The van der Waals surface area contributed by atoms with Gasteiger partial charge in [0.05, 0.1) is 6.42 Å². The van der Waals surface area contributed by atoms with Gasteiger partial charge in [-0.3, -0.25) is 9.59 Å². The van der Waals surface area contributed by atoms with Gasteiger partial charge in [0.25, 0.3) is 0 Å². The molecular weight excluding hydrogens is 503 g/mol.